The number of fused-ring (bicyclic) bond motifs is 1. The number of aryl methyl sites for hydroxylation is 1. The first-order valence-corrected chi connectivity index (χ1v) is 6.39. The van der Waals surface area contributed by atoms with Crippen molar-refractivity contribution < 1.29 is 5.11 Å². The van der Waals surface area contributed by atoms with Gasteiger partial charge in [-0.1, -0.05) is 48.0 Å². The highest BCUT2D eigenvalue weighted by molar-refractivity contribution is 5.78. The number of para-hydroxylation sites is 1. The van der Waals surface area contributed by atoms with E-state index in [0.29, 0.717) is 6.54 Å². The molecule has 3 heteroatoms. The van der Waals surface area contributed by atoms with Crippen LogP contribution >= 0.6 is 0 Å². The molecule has 19 heavy (non-hydrogen) atoms. The molecule has 0 aliphatic heterocycles. The lowest BCUT2D eigenvalue weighted by molar-refractivity contribution is 0.153. The second-order valence-electron chi connectivity index (χ2n) is 4.81. The molecule has 0 spiro atoms. The van der Waals surface area contributed by atoms with Gasteiger partial charge in [0.25, 0.3) is 0 Å². The van der Waals surface area contributed by atoms with Gasteiger partial charge in [0.15, 0.2) is 0 Å². The third-order valence-electron chi connectivity index (χ3n) is 3.36. The number of benzene rings is 2. The van der Waals surface area contributed by atoms with Crippen LogP contribution in [0.1, 0.15) is 17.2 Å². The fraction of sp³-hybridized carbons (Fsp3) is 0.188. The van der Waals surface area contributed by atoms with Gasteiger partial charge in [-0.05, 0) is 18.6 Å². The number of aliphatic hydroxyl groups is 1. The summed E-state index contributed by atoms with van der Waals surface area (Å²) in [5.74, 6) is 0. The maximum Gasteiger partial charge on any atom is 0.0986 e. The minimum Gasteiger partial charge on any atom is -0.386 e. The standard InChI is InChI=1S/C16H16N2O/c1-12-6-8-13(9-7-12)16(19)11-18-15-5-3-2-4-14(15)10-17-18/h2-10,16,19H,11H2,1H3. The van der Waals surface area contributed by atoms with Crippen molar-refractivity contribution in [2.45, 2.75) is 19.6 Å². The summed E-state index contributed by atoms with van der Waals surface area (Å²) < 4.78 is 1.85. The zero-order valence-electron chi connectivity index (χ0n) is 10.8. The summed E-state index contributed by atoms with van der Waals surface area (Å²) in [5, 5.41) is 15.7. The van der Waals surface area contributed by atoms with E-state index in [1.165, 1.54) is 5.56 Å². The Morgan fingerprint density at radius 3 is 2.63 bits per heavy atom. The highest BCUT2D eigenvalue weighted by atomic mass is 16.3. The van der Waals surface area contributed by atoms with Crippen LogP contribution in [0.5, 0.6) is 0 Å². The first-order valence-electron chi connectivity index (χ1n) is 6.39. The van der Waals surface area contributed by atoms with Crippen LogP contribution in [0, 0.1) is 6.92 Å². The molecule has 1 heterocycles. The Bertz CT molecular complexity index is 685. The smallest absolute Gasteiger partial charge is 0.0986 e. The van der Waals surface area contributed by atoms with Gasteiger partial charge in [-0.25, -0.2) is 0 Å². The molecule has 1 atom stereocenters. The van der Waals surface area contributed by atoms with Crippen LogP contribution in [0.2, 0.25) is 0 Å². The van der Waals surface area contributed by atoms with E-state index >= 15 is 0 Å². The van der Waals surface area contributed by atoms with E-state index in [-0.39, 0.29) is 0 Å². The molecule has 1 aromatic heterocycles. The van der Waals surface area contributed by atoms with Crippen molar-refractivity contribution in [3.8, 4) is 0 Å². The van der Waals surface area contributed by atoms with E-state index in [0.717, 1.165) is 16.5 Å². The predicted octanol–water partition coefficient (Wildman–Crippen LogP) is 3.08. The monoisotopic (exact) mass is 252 g/mol. The van der Waals surface area contributed by atoms with Crippen LogP contribution in [-0.4, -0.2) is 14.9 Å². The summed E-state index contributed by atoms with van der Waals surface area (Å²) >= 11 is 0. The van der Waals surface area contributed by atoms with Crippen LogP contribution < -0.4 is 0 Å². The van der Waals surface area contributed by atoms with Gasteiger partial charge in [0.2, 0.25) is 0 Å². The molecule has 0 aliphatic rings. The minimum absolute atomic E-state index is 0.469. The highest BCUT2D eigenvalue weighted by Gasteiger charge is 2.10. The average molecular weight is 252 g/mol. The van der Waals surface area contributed by atoms with E-state index in [2.05, 4.69) is 5.10 Å². The number of hydrogen-bond donors (Lipinski definition) is 1. The summed E-state index contributed by atoms with van der Waals surface area (Å²) in [6.45, 7) is 2.51. The largest absolute Gasteiger partial charge is 0.386 e. The molecule has 96 valence electrons. The van der Waals surface area contributed by atoms with E-state index < -0.39 is 6.10 Å². The van der Waals surface area contributed by atoms with Crippen molar-refractivity contribution in [3.05, 3.63) is 65.9 Å². The summed E-state index contributed by atoms with van der Waals surface area (Å²) in [6, 6.07) is 16.0. The molecule has 1 unspecified atom stereocenters. The molecule has 3 aromatic rings. The molecular weight excluding hydrogens is 236 g/mol. The van der Waals surface area contributed by atoms with Crippen LogP contribution in [0.3, 0.4) is 0 Å². The zero-order chi connectivity index (χ0) is 13.2. The molecule has 0 aliphatic carbocycles. The summed E-state index contributed by atoms with van der Waals surface area (Å²) in [6.07, 6.45) is 1.29. The Balaban J connectivity index is 1.86. The maximum atomic E-state index is 10.3. The lowest BCUT2D eigenvalue weighted by Crippen LogP contribution is -2.09. The Hall–Kier alpha value is -2.13. The Labute approximate surface area is 112 Å². The van der Waals surface area contributed by atoms with Gasteiger partial charge < -0.3 is 5.11 Å². The number of rotatable bonds is 3. The fourth-order valence-electron chi connectivity index (χ4n) is 2.23. The number of aromatic nitrogens is 2. The van der Waals surface area contributed by atoms with Crippen molar-refractivity contribution >= 4 is 10.9 Å². The molecule has 3 nitrogen and oxygen atoms in total. The SMILES string of the molecule is Cc1ccc(C(O)Cn2ncc3ccccc32)cc1. The Kier molecular flexibility index (Phi) is 3.05. The second-order valence-corrected chi connectivity index (χ2v) is 4.81. The van der Waals surface area contributed by atoms with Crippen LogP contribution in [0.4, 0.5) is 0 Å². The molecule has 1 N–H and O–H groups in total. The molecular formula is C16H16N2O. The van der Waals surface area contributed by atoms with E-state index in [1.54, 1.807) is 0 Å². The Morgan fingerprint density at radius 1 is 1.11 bits per heavy atom. The molecule has 0 bridgehead atoms. The first kappa shape index (κ1) is 11.9. The first-order chi connectivity index (χ1) is 9.24. The second kappa shape index (κ2) is 4.86. The molecule has 3 rings (SSSR count). The lowest BCUT2D eigenvalue weighted by Gasteiger charge is -2.12. The third-order valence-corrected chi connectivity index (χ3v) is 3.36. The normalized spacial score (nSPS) is 12.7. The maximum absolute atomic E-state index is 10.3. The zero-order valence-corrected chi connectivity index (χ0v) is 10.8. The molecule has 0 amide bonds. The average Bonchev–Trinajstić information content (AvgIpc) is 2.83. The van der Waals surface area contributed by atoms with Crippen molar-refractivity contribution in [1.29, 1.82) is 0 Å². The molecule has 0 radical (unpaired) electrons. The van der Waals surface area contributed by atoms with Crippen LogP contribution in [0.25, 0.3) is 10.9 Å². The van der Waals surface area contributed by atoms with Crippen molar-refractivity contribution in [3.63, 3.8) is 0 Å². The summed E-state index contributed by atoms with van der Waals surface area (Å²) in [4.78, 5) is 0. The van der Waals surface area contributed by atoms with Crippen LogP contribution in [0.15, 0.2) is 54.7 Å². The molecule has 0 saturated carbocycles. The number of hydrogen-bond acceptors (Lipinski definition) is 2. The van der Waals surface area contributed by atoms with Gasteiger partial charge in [0.1, 0.15) is 0 Å². The van der Waals surface area contributed by atoms with E-state index in [9.17, 15) is 5.11 Å². The van der Waals surface area contributed by atoms with Crippen molar-refractivity contribution in [2.24, 2.45) is 0 Å². The lowest BCUT2D eigenvalue weighted by atomic mass is 10.1. The summed E-state index contributed by atoms with van der Waals surface area (Å²) in [7, 11) is 0. The van der Waals surface area contributed by atoms with Gasteiger partial charge in [0.05, 0.1) is 24.4 Å². The van der Waals surface area contributed by atoms with E-state index in [1.807, 2.05) is 66.3 Å². The molecule has 0 fully saturated rings. The van der Waals surface area contributed by atoms with E-state index in [4.69, 9.17) is 0 Å². The van der Waals surface area contributed by atoms with Crippen LogP contribution in [-0.2, 0) is 6.54 Å². The quantitative estimate of drug-likeness (QED) is 0.778. The van der Waals surface area contributed by atoms with Gasteiger partial charge in [-0.3, -0.25) is 4.68 Å². The van der Waals surface area contributed by atoms with Gasteiger partial charge in [-0.15, -0.1) is 0 Å². The Morgan fingerprint density at radius 2 is 1.84 bits per heavy atom. The fourth-order valence-corrected chi connectivity index (χ4v) is 2.23. The minimum atomic E-state index is -0.538. The molecule has 2 aromatic carbocycles. The van der Waals surface area contributed by atoms with Crippen molar-refractivity contribution in [2.75, 3.05) is 0 Å². The van der Waals surface area contributed by atoms with Crippen molar-refractivity contribution in [1.82, 2.24) is 9.78 Å². The topological polar surface area (TPSA) is 38.0 Å². The highest BCUT2D eigenvalue weighted by Crippen LogP contribution is 2.19. The molecule has 0 saturated heterocycles. The summed E-state index contributed by atoms with van der Waals surface area (Å²) in [5.41, 5.74) is 3.17. The number of nitrogens with zero attached hydrogens (tertiary/aromatic N) is 2. The van der Waals surface area contributed by atoms with Gasteiger partial charge >= 0.3 is 0 Å². The third kappa shape index (κ3) is 2.37. The van der Waals surface area contributed by atoms with Gasteiger partial charge in [-0.2, -0.15) is 5.10 Å². The number of aliphatic hydroxyl groups excluding tert-OH is 1. The predicted molar refractivity (Wildman–Crippen MR) is 75.9 cm³/mol. The van der Waals surface area contributed by atoms with Gasteiger partial charge in [0, 0.05) is 5.39 Å².